The van der Waals surface area contributed by atoms with Gasteiger partial charge in [0.1, 0.15) is 5.82 Å². The third-order valence-electron chi connectivity index (χ3n) is 3.41. The highest BCUT2D eigenvalue weighted by molar-refractivity contribution is 9.10. The van der Waals surface area contributed by atoms with Crippen molar-refractivity contribution in [2.75, 3.05) is 0 Å². The summed E-state index contributed by atoms with van der Waals surface area (Å²) >= 11 is 13.3. The standard InChI is InChI=1S/C17H10Br2ClF/c18-10-5-8-16(21)14(9-10)17(19)13-6-7-15(20)12-4-2-1-3-11(12)13/h1-9,17H. The minimum absolute atomic E-state index is 0.237. The smallest absolute Gasteiger partial charge is 0.127 e. The van der Waals surface area contributed by atoms with Crippen LogP contribution in [0.1, 0.15) is 16.0 Å². The molecule has 0 aliphatic carbocycles. The Morgan fingerprint density at radius 2 is 1.62 bits per heavy atom. The lowest BCUT2D eigenvalue weighted by molar-refractivity contribution is 0.613. The number of rotatable bonds is 2. The molecule has 0 nitrogen and oxygen atoms in total. The average Bonchev–Trinajstić information content (AvgIpc) is 2.50. The Morgan fingerprint density at radius 3 is 2.38 bits per heavy atom. The Balaban J connectivity index is 2.20. The van der Waals surface area contributed by atoms with Gasteiger partial charge in [0.2, 0.25) is 0 Å². The Kier molecular flexibility index (Phi) is 4.34. The fourth-order valence-corrected chi connectivity index (χ4v) is 3.74. The molecule has 21 heavy (non-hydrogen) atoms. The molecule has 0 bridgehead atoms. The predicted octanol–water partition coefficient (Wildman–Crippen LogP) is 6.88. The molecular formula is C17H10Br2ClF. The summed E-state index contributed by atoms with van der Waals surface area (Å²) in [5.74, 6) is -0.237. The monoisotopic (exact) mass is 426 g/mol. The Bertz CT molecular complexity index is 817. The van der Waals surface area contributed by atoms with Crippen molar-refractivity contribution in [3.8, 4) is 0 Å². The molecule has 0 aliphatic heterocycles. The molecule has 0 radical (unpaired) electrons. The van der Waals surface area contributed by atoms with E-state index < -0.39 is 0 Å². The van der Waals surface area contributed by atoms with Crippen LogP contribution in [0.25, 0.3) is 10.8 Å². The molecule has 0 fully saturated rings. The topological polar surface area (TPSA) is 0 Å². The van der Waals surface area contributed by atoms with Crippen molar-refractivity contribution in [3.05, 3.63) is 81.0 Å². The van der Waals surface area contributed by atoms with E-state index in [9.17, 15) is 4.39 Å². The first-order valence-corrected chi connectivity index (χ1v) is 8.43. The van der Waals surface area contributed by atoms with Crippen LogP contribution in [0.5, 0.6) is 0 Å². The van der Waals surface area contributed by atoms with Gasteiger partial charge in [0.25, 0.3) is 0 Å². The number of benzene rings is 3. The quantitative estimate of drug-likeness (QED) is 0.390. The summed E-state index contributed by atoms with van der Waals surface area (Å²) in [6, 6.07) is 16.6. The minimum Gasteiger partial charge on any atom is -0.207 e. The summed E-state index contributed by atoms with van der Waals surface area (Å²) in [6.07, 6.45) is 0. The van der Waals surface area contributed by atoms with Gasteiger partial charge in [0.05, 0.1) is 4.83 Å². The van der Waals surface area contributed by atoms with E-state index in [0.717, 1.165) is 20.8 Å². The summed E-state index contributed by atoms with van der Waals surface area (Å²) in [7, 11) is 0. The van der Waals surface area contributed by atoms with Crippen molar-refractivity contribution in [2.24, 2.45) is 0 Å². The summed E-state index contributed by atoms with van der Waals surface area (Å²) in [5.41, 5.74) is 1.59. The molecule has 3 rings (SSSR count). The zero-order chi connectivity index (χ0) is 15.0. The Morgan fingerprint density at radius 1 is 0.905 bits per heavy atom. The van der Waals surface area contributed by atoms with E-state index in [2.05, 4.69) is 31.9 Å². The zero-order valence-corrected chi connectivity index (χ0v) is 14.7. The summed E-state index contributed by atoms with van der Waals surface area (Å²) in [6.45, 7) is 0. The predicted molar refractivity (Wildman–Crippen MR) is 93.8 cm³/mol. The molecule has 0 spiro atoms. The van der Waals surface area contributed by atoms with E-state index in [4.69, 9.17) is 11.6 Å². The maximum Gasteiger partial charge on any atom is 0.127 e. The number of hydrogen-bond donors (Lipinski definition) is 0. The molecule has 0 N–H and O–H groups in total. The highest BCUT2D eigenvalue weighted by Crippen LogP contribution is 2.39. The van der Waals surface area contributed by atoms with Gasteiger partial charge in [-0.05, 0) is 35.2 Å². The molecule has 3 aromatic carbocycles. The fraction of sp³-hybridized carbons (Fsp3) is 0.0588. The van der Waals surface area contributed by atoms with E-state index >= 15 is 0 Å². The molecule has 0 heterocycles. The average molecular weight is 429 g/mol. The molecule has 0 saturated heterocycles. The van der Waals surface area contributed by atoms with Gasteiger partial charge in [0, 0.05) is 20.4 Å². The lowest BCUT2D eigenvalue weighted by Gasteiger charge is -2.15. The van der Waals surface area contributed by atoms with Gasteiger partial charge in [0.15, 0.2) is 0 Å². The van der Waals surface area contributed by atoms with Crippen molar-refractivity contribution in [3.63, 3.8) is 0 Å². The summed E-state index contributed by atoms with van der Waals surface area (Å²) in [4.78, 5) is -0.239. The highest BCUT2D eigenvalue weighted by Gasteiger charge is 2.18. The molecule has 0 aliphatic rings. The van der Waals surface area contributed by atoms with Crippen LogP contribution in [0.4, 0.5) is 4.39 Å². The molecule has 1 atom stereocenters. The van der Waals surface area contributed by atoms with Crippen LogP contribution in [0.15, 0.2) is 59.1 Å². The number of fused-ring (bicyclic) bond motifs is 1. The van der Waals surface area contributed by atoms with Crippen LogP contribution in [-0.2, 0) is 0 Å². The van der Waals surface area contributed by atoms with Gasteiger partial charge in [-0.1, -0.05) is 73.8 Å². The molecule has 1 unspecified atom stereocenters. The third kappa shape index (κ3) is 2.87. The molecule has 0 aromatic heterocycles. The van der Waals surface area contributed by atoms with E-state index in [-0.39, 0.29) is 10.6 Å². The zero-order valence-electron chi connectivity index (χ0n) is 10.8. The lowest BCUT2D eigenvalue weighted by Crippen LogP contribution is -1.98. The van der Waals surface area contributed by atoms with Gasteiger partial charge in [-0.15, -0.1) is 0 Å². The Labute approximate surface area is 144 Å². The largest absolute Gasteiger partial charge is 0.207 e. The SMILES string of the molecule is Fc1ccc(Br)cc1C(Br)c1ccc(Cl)c2ccccc12. The summed E-state index contributed by atoms with van der Waals surface area (Å²) < 4.78 is 15.0. The van der Waals surface area contributed by atoms with E-state index in [0.29, 0.717) is 10.6 Å². The number of alkyl halides is 1. The van der Waals surface area contributed by atoms with Crippen LogP contribution in [-0.4, -0.2) is 0 Å². The molecular weight excluding hydrogens is 418 g/mol. The first-order chi connectivity index (χ1) is 10.1. The summed E-state index contributed by atoms with van der Waals surface area (Å²) in [5, 5.41) is 2.69. The van der Waals surface area contributed by atoms with Crippen LogP contribution in [0.2, 0.25) is 5.02 Å². The number of hydrogen-bond acceptors (Lipinski definition) is 0. The van der Waals surface area contributed by atoms with Gasteiger partial charge >= 0.3 is 0 Å². The minimum atomic E-state index is -0.239. The van der Waals surface area contributed by atoms with Gasteiger partial charge in [-0.2, -0.15) is 0 Å². The van der Waals surface area contributed by atoms with Crippen LogP contribution in [0.3, 0.4) is 0 Å². The second-order valence-electron chi connectivity index (χ2n) is 4.71. The van der Waals surface area contributed by atoms with Crippen molar-refractivity contribution < 1.29 is 4.39 Å². The first kappa shape index (κ1) is 15.0. The first-order valence-electron chi connectivity index (χ1n) is 6.34. The maximum absolute atomic E-state index is 14.1. The third-order valence-corrected chi connectivity index (χ3v) is 5.22. The molecule has 3 aromatic rings. The maximum atomic E-state index is 14.1. The lowest BCUT2D eigenvalue weighted by atomic mass is 9.98. The van der Waals surface area contributed by atoms with Crippen molar-refractivity contribution in [2.45, 2.75) is 4.83 Å². The van der Waals surface area contributed by atoms with Crippen molar-refractivity contribution >= 4 is 54.2 Å². The van der Waals surface area contributed by atoms with E-state index in [1.165, 1.54) is 6.07 Å². The van der Waals surface area contributed by atoms with Crippen molar-refractivity contribution in [1.29, 1.82) is 0 Å². The van der Waals surface area contributed by atoms with Crippen LogP contribution < -0.4 is 0 Å². The van der Waals surface area contributed by atoms with Crippen LogP contribution >= 0.6 is 43.5 Å². The number of halogens is 4. The Hall–Kier alpha value is -0.900. The second kappa shape index (κ2) is 6.07. The second-order valence-corrected chi connectivity index (χ2v) is 6.95. The highest BCUT2D eigenvalue weighted by atomic mass is 79.9. The van der Waals surface area contributed by atoms with Gasteiger partial charge in [-0.3, -0.25) is 0 Å². The van der Waals surface area contributed by atoms with E-state index in [1.54, 1.807) is 12.1 Å². The van der Waals surface area contributed by atoms with E-state index in [1.807, 2.05) is 36.4 Å². The van der Waals surface area contributed by atoms with Gasteiger partial charge in [-0.25, -0.2) is 4.39 Å². The van der Waals surface area contributed by atoms with Gasteiger partial charge < -0.3 is 0 Å². The normalized spacial score (nSPS) is 12.6. The molecule has 4 heteroatoms. The molecule has 106 valence electrons. The van der Waals surface area contributed by atoms with Crippen molar-refractivity contribution in [1.82, 2.24) is 0 Å². The fourth-order valence-electron chi connectivity index (χ4n) is 2.38. The molecule has 0 amide bonds. The molecule has 0 saturated carbocycles. The van der Waals surface area contributed by atoms with Crippen LogP contribution in [0, 0.1) is 5.82 Å².